The number of ether oxygens (including phenoxy) is 1. The lowest BCUT2D eigenvalue weighted by Gasteiger charge is -2.16. The molecule has 2 N–H and O–H groups in total. The van der Waals surface area contributed by atoms with Gasteiger partial charge in [0, 0.05) is 5.92 Å². The summed E-state index contributed by atoms with van der Waals surface area (Å²) in [6.45, 7) is 0. The van der Waals surface area contributed by atoms with Crippen LogP contribution in [0.3, 0.4) is 0 Å². The van der Waals surface area contributed by atoms with Gasteiger partial charge in [-0.25, -0.2) is 9.18 Å². The van der Waals surface area contributed by atoms with Crippen molar-refractivity contribution < 1.29 is 23.8 Å². The number of halogens is 1. The number of benzene rings is 1. The van der Waals surface area contributed by atoms with Crippen LogP contribution in [-0.2, 0) is 9.59 Å². The van der Waals surface area contributed by atoms with Crippen molar-refractivity contribution in [3.05, 3.63) is 29.6 Å². The lowest BCUT2D eigenvalue weighted by molar-refractivity contribution is -0.142. The Morgan fingerprint density at radius 3 is 2.59 bits per heavy atom. The van der Waals surface area contributed by atoms with Crippen LogP contribution in [0.15, 0.2) is 18.2 Å². The normalized spacial score (nSPS) is 26.9. The quantitative estimate of drug-likeness (QED) is 0.873. The van der Waals surface area contributed by atoms with E-state index in [0.717, 1.165) is 25.3 Å². The fourth-order valence-corrected chi connectivity index (χ4v) is 3.60. The third-order valence-electron chi connectivity index (χ3n) is 4.75. The van der Waals surface area contributed by atoms with Gasteiger partial charge in [-0.15, -0.1) is 0 Å². The summed E-state index contributed by atoms with van der Waals surface area (Å²) in [6.07, 6.45) is 3.22. The second kappa shape index (κ2) is 5.59. The van der Waals surface area contributed by atoms with Gasteiger partial charge in [0.2, 0.25) is 5.91 Å². The Morgan fingerprint density at radius 1 is 1.36 bits per heavy atom. The summed E-state index contributed by atoms with van der Waals surface area (Å²) in [6, 6.07) is 2.66. The Bertz CT molecular complexity index is 608. The number of rotatable bonds is 5. The van der Waals surface area contributed by atoms with Gasteiger partial charge in [-0.1, -0.05) is 12.5 Å². The van der Waals surface area contributed by atoms with Crippen molar-refractivity contribution in [1.82, 2.24) is 5.32 Å². The Hall–Kier alpha value is -2.11. The molecule has 2 aliphatic rings. The number of carboxylic acids is 1. The molecule has 3 atom stereocenters. The number of nitrogens with one attached hydrogen (secondary N) is 1. The van der Waals surface area contributed by atoms with Crippen LogP contribution in [0.1, 0.15) is 30.9 Å². The van der Waals surface area contributed by atoms with Gasteiger partial charge in [-0.2, -0.15) is 0 Å². The summed E-state index contributed by atoms with van der Waals surface area (Å²) in [5.74, 6) is -1.32. The van der Waals surface area contributed by atoms with Gasteiger partial charge in [-0.3, -0.25) is 4.79 Å². The van der Waals surface area contributed by atoms with Crippen molar-refractivity contribution in [3.8, 4) is 5.75 Å². The lowest BCUT2D eigenvalue weighted by atomic mass is 10.1. The zero-order valence-electron chi connectivity index (χ0n) is 12.2. The molecule has 0 heterocycles. The SMILES string of the molecule is COc1ccc(C(NC(=O)C2C3CCCC32)C(=O)O)cc1F. The smallest absolute Gasteiger partial charge is 0.330 e. The third-order valence-corrected chi connectivity index (χ3v) is 4.75. The van der Waals surface area contributed by atoms with Crippen LogP contribution in [0, 0.1) is 23.6 Å². The Balaban J connectivity index is 1.74. The Kier molecular flexibility index (Phi) is 3.76. The summed E-state index contributed by atoms with van der Waals surface area (Å²) >= 11 is 0. The number of carbonyl (C=O) groups excluding carboxylic acids is 1. The summed E-state index contributed by atoms with van der Waals surface area (Å²) in [5, 5.41) is 11.9. The molecule has 1 amide bonds. The van der Waals surface area contributed by atoms with Gasteiger partial charge in [0.25, 0.3) is 0 Å². The maximum absolute atomic E-state index is 13.7. The first-order chi connectivity index (χ1) is 10.5. The van der Waals surface area contributed by atoms with E-state index in [1.165, 1.54) is 19.2 Å². The fourth-order valence-electron chi connectivity index (χ4n) is 3.60. The van der Waals surface area contributed by atoms with E-state index in [9.17, 15) is 19.1 Å². The Labute approximate surface area is 127 Å². The molecule has 0 aromatic heterocycles. The van der Waals surface area contributed by atoms with Crippen LogP contribution in [0.5, 0.6) is 5.75 Å². The molecule has 6 heteroatoms. The topological polar surface area (TPSA) is 75.6 Å². The van der Waals surface area contributed by atoms with E-state index in [1.54, 1.807) is 0 Å². The first kappa shape index (κ1) is 14.8. The maximum Gasteiger partial charge on any atom is 0.330 e. The van der Waals surface area contributed by atoms with Crippen molar-refractivity contribution in [2.24, 2.45) is 17.8 Å². The molecule has 2 fully saturated rings. The number of aliphatic carboxylic acids is 1. The molecule has 2 aliphatic carbocycles. The molecule has 0 aliphatic heterocycles. The zero-order chi connectivity index (χ0) is 15.9. The average Bonchev–Trinajstić information content (AvgIpc) is 2.97. The predicted molar refractivity (Wildman–Crippen MR) is 75.8 cm³/mol. The monoisotopic (exact) mass is 307 g/mol. The number of amides is 1. The molecule has 3 unspecified atom stereocenters. The van der Waals surface area contributed by atoms with Gasteiger partial charge in [0.15, 0.2) is 17.6 Å². The fraction of sp³-hybridized carbons (Fsp3) is 0.500. The van der Waals surface area contributed by atoms with Gasteiger partial charge >= 0.3 is 5.97 Å². The van der Waals surface area contributed by atoms with Crippen LogP contribution >= 0.6 is 0 Å². The standard InChI is InChI=1S/C16H18FNO4/c1-22-12-6-5-8(7-11(12)17)14(16(20)21)18-15(19)13-9-3-2-4-10(9)13/h5-7,9-10,13-14H,2-4H2,1H3,(H,18,19)(H,20,21). The molecule has 22 heavy (non-hydrogen) atoms. The average molecular weight is 307 g/mol. The van der Waals surface area contributed by atoms with Crippen LogP contribution in [0.25, 0.3) is 0 Å². The molecule has 0 saturated heterocycles. The minimum absolute atomic E-state index is 0.0379. The van der Waals surface area contributed by atoms with Gasteiger partial charge in [-0.05, 0) is 42.4 Å². The molecule has 0 spiro atoms. The summed E-state index contributed by atoms with van der Waals surface area (Å²) in [5.41, 5.74) is 0.199. The predicted octanol–water partition coefficient (Wildman–Crippen LogP) is 2.12. The highest BCUT2D eigenvalue weighted by Gasteiger charge is 2.56. The van der Waals surface area contributed by atoms with Crippen LogP contribution in [-0.4, -0.2) is 24.1 Å². The number of hydrogen-bond donors (Lipinski definition) is 2. The third kappa shape index (κ3) is 2.53. The lowest BCUT2D eigenvalue weighted by Crippen LogP contribution is -2.35. The minimum Gasteiger partial charge on any atom is -0.494 e. The molecular weight excluding hydrogens is 289 g/mol. The number of hydrogen-bond acceptors (Lipinski definition) is 3. The first-order valence-electron chi connectivity index (χ1n) is 7.39. The summed E-state index contributed by atoms with van der Waals surface area (Å²) in [7, 11) is 1.33. The number of fused-ring (bicyclic) bond motifs is 1. The highest BCUT2D eigenvalue weighted by molar-refractivity contribution is 5.88. The highest BCUT2D eigenvalue weighted by atomic mass is 19.1. The van der Waals surface area contributed by atoms with Crippen molar-refractivity contribution in [2.45, 2.75) is 25.3 Å². The first-order valence-corrected chi connectivity index (χ1v) is 7.39. The molecule has 0 bridgehead atoms. The highest BCUT2D eigenvalue weighted by Crippen LogP contribution is 2.57. The number of methoxy groups -OCH3 is 1. The second-order valence-electron chi connectivity index (χ2n) is 5.96. The van der Waals surface area contributed by atoms with Crippen molar-refractivity contribution >= 4 is 11.9 Å². The van der Waals surface area contributed by atoms with Gasteiger partial charge in [0.05, 0.1) is 7.11 Å². The van der Waals surface area contributed by atoms with E-state index < -0.39 is 17.8 Å². The van der Waals surface area contributed by atoms with E-state index >= 15 is 0 Å². The van der Waals surface area contributed by atoms with Crippen LogP contribution in [0.2, 0.25) is 0 Å². The number of carbonyl (C=O) groups is 2. The van der Waals surface area contributed by atoms with Gasteiger partial charge in [0.1, 0.15) is 0 Å². The van der Waals surface area contributed by atoms with Crippen molar-refractivity contribution in [1.29, 1.82) is 0 Å². The van der Waals surface area contributed by atoms with E-state index in [1.807, 2.05) is 0 Å². The number of carboxylic acid groups (broad SMARTS) is 1. The van der Waals surface area contributed by atoms with E-state index in [4.69, 9.17) is 4.74 Å². The molecule has 118 valence electrons. The van der Waals surface area contributed by atoms with E-state index in [0.29, 0.717) is 11.8 Å². The Morgan fingerprint density at radius 2 is 2.05 bits per heavy atom. The molecule has 1 aromatic carbocycles. The molecule has 1 aromatic rings. The second-order valence-corrected chi connectivity index (χ2v) is 5.96. The zero-order valence-corrected chi connectivity index (χ0v) is 12.2. The molecule has 5 nitrogen and oxygen atoms in total. The van der Waals surface area contributed by atoms with Crippen LogP contribution in [0.4, 0.5) is 4.39 Å². The largest absolute Gasteiger partial charge is 0.494 e. The van der Waals surface area contributed by atoms with Gasteiger partial charge < -0.3 is 15.2 Å². The molecule has 0 radical (unpaired) electrons. The van der Waals surface area contributed by atoms with Crippen LogP contribution < -0.4 is 10.1 Å². The molecular formula is C16H18FNO4. The van der Waals surface area contributed by atoms with E-state index in [2.05, 4.69) is 5.32 Å². The summed E-state index contributed by atoms with van der Waals surface area (Å²) < 4.78 is 18.5. The maximum atomic E-state index is 13.7. The molecule has 3 rings (SSSR count). The molecule has 2 saturated carbocycles. The van der Waals surface area contributed by atoms with Crippen molar-refractivity contribution in [2.75, 3.05) is 7.11 Å². The van der Waals surface area contributed by atoms with E-state index in [-0.39, 0.29) is 23.1 Å². The minimum atomic E-state index is -1.24. The van der Waals surface area contributed by atoms with Crippen molar-refractivity contribution in [3.63, 3.8) is 0 Å². The summed E-state index contributed by atoms with van der Waals surface area (Å²) in [4.78, 5) is 23.6.